The van der Waals surface area contributed by atoms with Crippen LogP contribution in [0, 0.1) is 0 Å². The third kappa shape index (κ3) is 43.6. The van der Waals surface area contributed by atoms with E-state index < -0.39 is 5.97 Å². The SMILES string of the molecule is CCCCCCCC(=O)OCCCCC.CCCCCCCCCC(=O)O.OCCO. The van der Waals surface area contributed by atoms with Crippen LogP contribution in [0.3, 0.4) is 0 Å². The number of rotatable bonds is 19. The van der Waals surface area contributed by atoms with Gasteiger partial charge in [-0.25, -0.2) is 0 Å². The van der Waals surface area contributed by atoms with Crippen LogP contribution in [0.5, 0.6) is 0 Å². The minimum atomic E-state index is -0.663. The van der Waals surface area contributed by atoms with E-state index in [1.165, 1.54) is 57.8 Å². The number of aliphatic carboxylic acids is 1. The lowest BCUT2D eigenvalue weighted by molar-refractivity contribution is -0.144. The molecule has 0 aliphatic rings. The van der Waals surface area contributed by atoms with Crippen molar-refractivity contribution < 1.29 is 29.6 Å². The predicted octanol–water partition coefficient (Wildman–Crippen LogP) is 6.26. The highest BCUT2D eigenvalue weighted by Crippen LogP contribution is 2.08. The lowest BCUT2D eigenvalue weighted by atomic mass is 10.1. The summed E-state index contributed by atoms with van der Waals surface area (Å²) in [4.78, 5) is 21.4. The smallest absolute Gasteiger partial charge is 0.305 e. The molecule has 0 fully saturated rings. The van der Waals surface area contributed by atoms with E-state index in [1.54, 1.807) is 0 Å². The number of hydrogen-bond acceptors (Lipinski definition) is 5. The van der Waals surface area contributed by atoms with Gasteiger partial charge in [0.05, 0.1) is 19.8 Å². The molecule has 0 radical (unpaired) electrons. The van der Waals surface area contributed by atoms with E-state index in [9.17, 15) is 9.59 Å². The second-order valence-electron chi connectivity index (χ2n) is 7.80. The van der Waals surface area contributed by atoms with E-state index >= 15 is 0 Å². The second kappa shape index (κ2) is 33.5. The van der Waals surface area contributed by atoms with Crippen LogP contribution in [0.1, 0.15) is 130 Å². The van der Waals surface area contributed by atoms with Crippen LogP contribution in [-0.4, -0.2) is 47.1 Å². The van der Waals surface area contributed by atoms with Crippen LogP contribution in [0.15, 0.2) is 0 Å². The van der Waals surface area contributed by atoms with Crippen molar-refractivity contribution in [2.45, 2.75) is 130 Å². The van der Waals surface area contributed by atoms with Gasteiger partial charge in [0.2, 0.25) is 0 Å². The molecule has 6 nitrogen and oxygen atoms in total. The van der Waals surface area contributed by atoms with E-state index in [1.807, 2.05) is 0 Å². The number of ether oxygens (including phenoxy) is 1. The first-order valence-corrected chi connectivity index (χ1v) is 12.6. The molecule has 0 heterocycles. The van der Waals surface area contributed by atoms with Gasteiger partial charge in [0.1, 0.15) is 0 Å². The Labute approximate surface area is 191 Å². The molecule has 0 amide bonds. The molecule has 0 aliphatic carbocycles. The van der Waals surface area contributed by atoms with Gasteiger partial charge < -0.3 is 20.1 Å². The van der Waals surface area contributed by atoms with Gasteiger partial charge in [0.15, 0.2) is 0 Å². The lowest BCUT2D eigenvalue weighted by Crippen LogP contribution is -2.05. The van der Waals surface area contributed by atoms with Crippen molar-refractivity contribution in [2.75, 3.05) is 19.8 Å². The Morgan fingerprint density at radius 1 is 0.581 bits per heavy atom. The van der Waals surface area contributed by atoms with Crippen molar-refractivity contribution in [3.05, 3.63) is 0 Å². The highest BCUT2D eigenvalue weighted by molar-refractivity contribution is 5.69. The number of carbonyl (C=O) groups is 2. The number of aliphatic hydroxyl groups excluding tert-OH is 2. The number of hydrogen-bond donors (Lipinski definition) is 3. The van der Waals surface area contributed by atoms with Gasteiger partial charge in [-0.05, 0) is 19.3 Å². The van der Waals surface area contributed by atoms with Crippen molar-refractivity contribution in [3.8, 4) is 0 Å². The molecule has 3 N–H and O–H groups in total. The minimum absolute atomic E-state index is 0.0115. The number of carboxylic acids is 1. The van der Waals surface area contributed by atoms with Gasteiger partial charge in [0.25, 0.3) is 0 Å². The minimum Gasteiger partial charge on any atom is -0.481 e. The van der Waals surface area contributed by atoms with E-state index in [4.69, 9.17) is 20.1 Å². The molecule has 6 heteroatoms. The summed E-state index contributed by atoms with van der Waals surface area (Å²) in [5.41, 5.74) is 0. The number of aliphatic hydroxyl groups is 2. The second-order valence-corrected chi connectivity index (χ2v) is 7.80. The molecule has 0 saturated carbocycles. The molecular formula is C25H52O6. The summed E-state index contributed by atoms with van der Waals surface area (Å²) in [6.45, 7) is 6.91. The summed E-state index contributed by atoms with van der Waals surface area (Å²) in [5, 5.41) is 23.6. The molecule has 0 saturated heterocycles. The maximum atomic E-state index is 11.2. The summed E-state index contributed by atoms with van der Waals surface area (Å²) >= 11 is 0. The Hall–Kier alpha value is -1.14. The van der Waals surface area contributed by atoms with Crippen LogP contribution in [0.4, 0.5) is 0 Å². The maximum Gasteiger partial charge on any atom is 0.305 e. The standard InChI is InChI=1S/C13H26O2.C10H20O2.C2H6O2/c1-3-5-7-8-9-11-13(14)15-12-10-6-4-2;1-2-3-4-5-6-7-8-9-10(11)12;3-1-2-4/h3-12H2,1-2H3;2-9H2,1H3,(H,11,12);3-4H,1-2H2. The Bertz CT molecular complexity index is 345. The van der Waals surface area contributed by atoms with Crippen LogP contribution in [0.2, 0.25) is 0 Å². The third-order valence-electron chi connectivity index (χ3n) is 4.59. The molecule has 0 rings (SSSR count). The van der Waals surface area contributed by atoms with Gasteiger partial charge in [-0.3, -0.25) is 9.59 Å². The Morgan fingerprint density at radius 3 is 1.39 bits per heavy atom. The average molecular weight is 449 g/mol. The zero-order valence-corrected chi connectivity index (χ0v) is 20.7. The van der Waals surface area contributed by atoms with Crippen molar-refractivity contribution >= 4 is 11.9 Å². The van der Waals surface area contributed by atoms with Crippen molar-refractivity contribution in [1.82, 2.24) is 0 Å². The number of unbranched alkanes of at least 4 members (excludes halogenated alkanes) is 12. The predicted molar refractivity (Wildman–Crippen MR) is 128 cm³/mol. The molecule has 0 aromatic carbocycles. The average Bonchev–Trinajstić information content (AvgIpc) is 2.76. The van der Waals surface area contributed by atoms with Gasteiger partial charge in [-0.15, -0.1) is 0 Å². The quantitative estimate of drug-likeness (QED) is 0.159. The molecule has 0 aromatic rings. The summed E-state index contributed by atoms with van der Waals surface area (Å²) in [5.74, 6) is -0.675. The first kappa shape index (κ1) is 34.5. The van der Waals surface area contributed by atoms with Gasteiger partial charge in [-0.1, -0.05) is 97.8 Å². The molecule has 0 unspecified atom stereocenters. The fraction of sp³-hybridized carbons (Fsp3) is 0.920. The van der Waals surface area contributed by atoms with Gasteiger partial charge in [0, 0.05) is 12.8 Å². The van der Waals surface area contributed by atoms with E-state index in [-0.39, 0.29) is 19.2 Å². The molecular weight excluding hydrogens is 396 g/mol. The van der Waals surface area contributed by atoms with Crippen LogP contribution in [0.25, 0.3) is 0 Å². The van der Waals surface area contributed by atoms with Crippen molar-refractivity contribution in [1.29, 1.82) is 0 Å². The van der Waals surface area contributed by atoms with E-state index in [0.29, 0.717) is 19.4 Å². The number of esters is 1. The van der Waals surface area contributed by atoms with Crippen LogP contribution >= 0.6 is 0 Å². The highest BCUT2D eigenvalue weighted by atomic mass is 16.5. The maximum absolute atomic E-state index is 11.2. The molecule has 31 heavy (non-hydrogen) atoms. The molecule has 0 aromatic heterocycles. The summed E-state index contributed by atoms with van der Waals surface area (Å²) in [6, 6.07) is 0. The fourth-order valence-electron chi connectivity index (χ4n) is 2.72. The number of carbonyl (C=O) groups excluding carboxylic acids is 1. The largest absolute Gasteiger partial charge is 0.481 e. The van der Waals surface area contributed by atoms with Gasteiger partial charge >= 0.3 is 11.9 Å². The first-order chi connectivity index (χ1) is 15.0. The zero-order chi connectivity index (χ0) is 24.0. The van der Waals surface area contributed by atoms with E-state index in [0.717, 1.165) is 38.5 Å². The van der Waals surface area contributed by atoms with Crippen molar-refractivity contribution in [3.63, 3.8) is 0 Å². The van der Waals surface area contributed by atoms with Gasteiger partial charge in [-0.2, -0.15) is 0 Å². The molecule has 0 bridgehead atoms. The Kier molecular flexibility index (Phi) is 37.2. The van der Waals surface area contributed by atoms with E-state index in [2.05, 4.69) is 20.8 Å². The monoisotopic (exact) mass is 448 g/mol. The van der Waals surface area contributed by atoms with Crippen LogP contribution < -0.4 is 0 Å². The van der Waals surface area contributed by atoms with Crippen molar-refractivity contribution in [2.24, 2.45) is 0 Å². The highest BCUT2D eigenvalue weighted by Gasteiger charge is 2.01. The first-order valence-electron chi connectivity index (χ1n) is 12.6. The molecule has 0 spiro atoms. The number of carboxylic acid groups (broad SMARTS) is 1. The molecule has 188 valence electrons. The molecule has 0 atom stereocenters. The topological polar surface area (TPSA) is 104 Å². The lowest BCUT2D eigenvalue weighted by Gasteiger charge is -2.03. The summed E-state index contributed by atoms with van der Waals surface area (Å²) in [7, 11) is 0. The van der Waals surface area contributed by atoms with Crippen LogP contribution in [-0.2, 0) is 14.3 Å². The molecule has 0 aliphatic heterocycles. The fourth-order valence-corrected chi connectivity index (χ4v) is 2.72. The zero-order valence-electron chi connectivity index (χ0n) is 20.7. The summed E-state index contributed by atoms with van der Waals surface area (Å²) in [6.07, 6.45) is 18.5. The Morgan fingerprint density at radius 2 is 0.968 bits per heavy atom. The normalized spacial score (nSPS) is 9.84. The third-order valence-corrected chi connectivity index (χ3v) is 4.59. The summed E-state index contributed by atoms with van der Waals surface area (Å²) < 4.78 is 5.11. The Balaban J connectivity index is -0.000000438.